The van der Waals surface area contributed by atoms with Crippen LogP contribution < -0.4 is 4.74 Å². The van der Waals surface area contributed by atoms with Gasteiger partial charge in [-0.2, -0.15) is 0 Å². The lowest BCUT2D eigenvalue weighted by Gasteiger charge is -2.08. The van der Waals surface area contributed by atoms with E-state index in [1.54, 1.807) is 18.2 Å². The van der Waals surface area contributed by atoms with E-state index < -0.39 is 13.0 Å². The monoisotopic (exact) mass is 270 g/mol. The Bertz CT molecular complexity index is 450. The molecule has 0 saturated heterocycles. The largest absolute Gasteiger partial charge is 0.497 e. The van der Waals surface area contributed by atoms with Crippen molar-refractivity contribution in [1.82, 2.24) is 0 Å². The number of aliphatic hydroxyl groups is 1. The second kappa shape index (κ2) is 8.46. The smallest absolute Gasteiger partial charge is 0.261 e. The quantitative estimate of drug-likeness (QED) is 0.805. The van der Waals surface area contributed by atoms with Crippen molar-refractivity contribution < 1.29 is 23.4 Å². The molecule has 0 heterocycles. The van der Waals surface area contributed by atoms with Crippen LogP contribution in [0.1, 0.15) is 17.5 Å². The van der Waals surface area contributed by atoms with Crippen LogP contribution in [-0.2, 0) is 11.3 Å². The fourth-order valence-electron chi connectivity index (χ4n) is 1.41. The molecule has 0 aromatic heterocycles. The van der Waals surface area contributed by atoms with Gasteiger partial charge in [0, 0.05) is 12.0 Å². The van der Waals surface area contributed by atoms with Crippen LogP contribution in [0.3, 0.4) is 0 Å². The van der Waals surface area contributed by atoms with Crippen molar-refractivity contribution >= 4 is 0 Å². The molecule has 0 bridgehead atoms. The summed E-state index contributed by atoms with van der Waals surface area (Å²) < 4.78 is 34.0. The molecule has 0 amide bonds. The van der Waals surface area contributed by atoms with Crippen LogP contribution in [0.25, 0.3) is 0 Å². The van der Waals surface area contributed by atoms with E-state index in [-0.39, 0.29) is 13.2 Å². The number of hydrogen-bond acceptors (Lipinski definition) is 3. The molecule has 0 saturated carbocycles. The summed E-state index contributed by atoms with van der Waals surface area (Å²) in [5, 5.41) is 8.67. The van der Waals surface area contributed by atoms with Crippen LogP contribution in [-0.4, -0.2) is 31.9 Å². The van der Waals surface area contributed by atoms with Gasteiger partial charge in [-0.15, -0.1) is 0 Å². The molecule has 0 radical (unpaired) electrons. The average molecular weight is 270 g/mol. The number of halogens is 2. The number of alkyl halides is 2. The van der Waals surface area contributed by atoms with Crippen LogP contribution in [0.4, 0.5) is 8.78 Å². The minimum absolute atomic E-state index is 0.0135. The van der Waals surface area contributed by atoms with E-state index in [9.17, 15) is 8.78 Å². The van der Waals surface area contributed by atoms with Crippen LogP contribution in [0.15, 0.2) is 18.2 Å². The first-order valence-corrected chi connectivity index (χ1v) is 5.80. The molecule has 1 aromatic carbocycles. The summed E-state index contributed by atoms with van der Waals surface area (Å²) in [6.07, 6.45) is -2.13. The zero-order valence-electron chi connectivity index (χ0n) is 10.7. The number of aliphatic hydroxyl groups excluding tert-OH is 1. The van der Waals surface area contributed by atoms with Gasteiger partial charge in [0.15, 0.2) is 0 Å². The fourth-order valence-corrected chi connectivity index (χ4v) is 1.41. The second-order valence-corrected chi connectivity index (χ2v) is 3.70. The Morgan fingerprint density at radius 1 is 1.37 bits per heavy atom. The molecule has 0 fully saturated rings. The third-order valence-corrected chi connectivity index (χ3v) is 2.27. The summed E-state index contributed by atoms with van der Waals surface area (Å²) in [5.74, 6) is 6.27. The maximum absolute atomic E-state index is 12.0. The number of rotatable bonds is 6. The van der Waals surface area contributed by atoms with E-state index >= 15 is 0 Å². The van der Waals surface area contributed by atoms with Crippen molar-refractivity contribution in [3.8, 4) is 17.6 Å². The number of methoxy groups -OCH3 is 1. The SMILES string of the molecule is COc1ccc(C#CCCO)c(COCC(F)F)c1. The highest BCUT2D eigenvalue weighted by atomic mass is 19.3. The normalized spacial score (nSPS) is 10.2. The van der Waals surface area contributed by atoms with Gasteiger partial charge in [0.25, 0.3) is 6.43 Å². The van der Waals surface area contributed by atoms with Gasteiger partial charge < -0.3 is 14.6 Å². The van der Waals surface area contributed by atoms with Gasteiger partial charge in [-0.05, 0) is 23.8 Å². The molecule has 1 rings (SSSR count). The van der Waals surface area contributed by atoms with E-state index in [0.717, 1.165) is 0 Å². The lowest BCUT2D eigenvalue weighted by molar-refractivity contribution is 0.00978. The summed E-state index contributed by atoms with van der Waals surface area (Å²) in [6, 6.07) is 5.18. The summed E-state index contributed by atoms with van der Waals surface area (Å²) >= 11 is 0. The van der Waals surface area contributed by atoms with E-state index in [4.69, 9.17) is 14.6 Å². The molecule has 0 aliphatic carbocycles. The molecular weight excluding hydrogens is 254 g/mol. The lowest BCUT2D eigenvalue weighted by Crippen LogP contribution is -2.05. The van der Waals surface area contributed by atoms with Gasteiger partial charge in [0.2, 0.25) is 0 Å². The molecule has 0 unspecified atom stereocenters. The molecular formula is C14H16F2O3. The number of hydrogen-bond donors (Lipinski definition) is 1. The van der Waals surface area contributed by atoms with E-state index in [1.165, 1.54) is 7.11 Å². The molecule has 0 aliphatic heterocycles. The Hall–Kier alpha value is -1.64. The first kappa shape index (κ1) is 15.4. The molecule has 0 spiro atoms. The zero-order chi connectivity index (χ0) is 14.1. The topological polar surface area (TPSA) is 38.7 Å². The van der Waals surface area contributed by atoms with Crippen LogP contribution >= 0.6 is 0 Å². The Balaban J connectivity index is 2.81. The van der Waals surface area contributed by atoms with Crippen molar-refractivity contribution in [2.75, 3.05) is 20.3 Å². The van der Waals surface area contributed by atoms with Gasteiger partial charge in [0.05, 0.1) is 20.3 Å². The van der Waals surface area contributed by atoms with E-state index in [0.29, 0.717) is 23.3 Å². The molecule has 19 heavy (non-hydrogen) atoms. The molecule has 1 aromatic rings. The first-order chi connectivity index (χ1) is 9.17. The average Bonchev–Trinajstić information content (AvgIpc) is 2.40. The van der Waals surface area contributed by atoms with Crippen molar-refractivity contribution in [3.63, 3.8) is 0 Å². The van der Waals surface area contributed by atoms with Crippen LogP contribution in [0, 0.1) is 11.8 Å². The number of ether oxygens (including phenoxy) is 2. The van der Waals surface area contributed by atoms with E-state index in [1.807, 2.05) is 0 Å². The molecule has 0 aliphatic rings. The molecule has 5 heteroatoms. The Kier molecular flexibility index (Phi) is 6.86. The van der Waals surface area contributed by atoms with Gasteiger partial charge in [-0.3, -0.25) is 0 Å². The summed E-state index contributed by atoms with van der Waals surface area (Å²) in [4.78, 5) is 0. The van der Waals surface area contributed by atoms with Gasteiger partial charge in [-0.1, -0.05) is 11.8 Å². The number of benzene rings is 1. The molecule has 1 N–H and O–H groups in total. The standard InChI is InChI=1S/C14H16F2O3/c1-18-13-6-5-11(4-2-3-7-17)12(8-13)9-19-10-14(15)16/h5-6,8,14,17H,3,7,9-10H2,1H3. The third-order valence-electron chi connectivity index (χ3n) is 2.27. The third kappa shape index (κ3) is 5.69. The van der Waals surface area contributed by atoms with Crippen LogP contribution in [0.2, 0.25) is 0 Å². The van der Waals surface area contributed by atoms with Gasteiger partial charge in [-0.25, -0.2) is 8.78 Å². The van der Waals surface area contributed by atoms with Gasteiger partial charge >= 0.3 is 0 Å². The minimum atomic E-state index is -2.49. The lowest BCUT2D eigenvalue weighted by atomic mass is 10.1. The van der Waals surface area contributed by atoms with Crippen molar-refractivity contribution in [3.05, 3.63) is 29.3 Å². The van der Waals surface area contributed by atoms with Crippen molar-refractivity contribution in [1.29, 1.82) is 0 Å². The van der Waals surface area contributed by atoms with Crippen LogP contribution in [0.5, 0.6) is 5.75 Å². The zero-order valence-corrected chi connectivity index (χ0v) is 10.7. The fraction of sp³-hybridized carbons (Fsp3) is 0.429. The molecule has 3 nitrogen and oxygen atoms in total. The maximum atomic E-state index is 12.0. The summed E-state index contributed by atoms with van der Waals surface area (Å²) in [7, 11) is 1.52. The minimum Gasteiger partial charge on any atom is -0.497 e. The predicted octanol–water partition coefficient (Wildman–Crippen LogP) is 2.21. The second-order valence-electron chi connectivity index (χ2n) is 3.70. The van der Waals surface area contributed by atoms with Crippen molar-refractivity contribution in [2.45, 2.75) is 19.5 Å². The Labute approximate surface area is 111 Å². The Morgan fingerprint density at radius 3 is 2.79 bits per heavy atom. The summed E-state index contributed by atoms with van der Waals surface area (Å²) in [6.45, 7) is -0.578. The highest BCUT2D eigenvalue weighted by molar-refractivity contribution is 5.45. The maximum Gasteiger partial charge on any atom is 0.261 e. The van der Waals surface area contributed by atoms with E-state index in [2.05, 4.69) is 11.8 Å². The molecule has 0 atom stereocenters. The summed E-state index contributed by atoms with van der Waals surface area (Å²) in [5.41, 5.74) is 1.37. The molecule has 104 valence electrons. The highest BCUT2D eigenvalue weighted by Crippen LogP contribution is 2.18. The predicted molar refractivity (Wildman–Crippen MR) is 67.2 cm³/mol. The van der Waals surface area contributed by atoms with Crippen molar-refractivity contribution in [2.24, 2.45) is 0 Å². The Morgan fingerprint density at radius 2 is 2.16 bits per heavy atom. The van der Waals surface area contributed by atoms with Gasteiger partial charge in [0.1, 0.15) is 12.4 Å². The first-order valence-electron chi connectivity index (χ1n) is 5.80. The highest BCUT2D eigenvalue weighted by Gasteiger charge is 2.06.